The Morgan fingerprint density at radius 1 is 1.41 bits per heavy atom. The van der Waals surface area contributed by atoms with Crippen LogP contribution in [0, 0.1) is 0 Å². The second kappa shape index (κ2) is 5.47. The average Bonchev–Trinajstić information content (AvgIpc) is 2.94. The summed E-state index contributed by atoms with van der Waals surface area (Å²) in [6.45, 7) is 6.78. The Morgan fingerprint density at radius 2 is 2.35 bits per heavy atom. The highest BCUT2D eigenvalue weighted by molar-refractivity contribution is 8.00. The molecule has 3 aliphatic rings. The Hall–Kier alpha value is 0.230. The van der Waals surface area contributed by atoms with Crippen molar-refractivity contribution in [1.82, 2.24) is 10.2 Å². The van der Waals surface area contributed by atoms with E-state index < -0.39 is 0 Å². The van der Waals surface area contributed by atoms with E-state index in [-0.39, 0.29) is 0 Å². The van der Waals surface area contributed by atoms with Crippen LogP contribution in [0.15, 0.2) is 0 Å². The number of ether oxygens (including phenoxy) is 1. The summed E-state index contributed by atoms with van der Waals surface area (Å²) in [5.74, 6) is 1.32. The van der Waals surface area contributed by atoms with Crippen LogP contribution in [0.4, 0.5) is 0 Å². The summed E-state index contributed by atoms with van der Waals surface area (Å²) >= 11 is 2.09. The van der Waals surface area contributed by atoms with Crippen LogP contribution in [0.1, 0.15) is 26.2 Å². The molecule has 3 saturated heterocycles. The highest BCUT2D eigenvalue weighted by atomic mass is 32.2. The highest BCUT2D eigenvalue weighted by Crippen LogP contribution is 2.26. The second-order valence-corrected chi connectivity index (χ2v) is 7.11. The zero-order chi connectivity index (χ0) is 11.7. The van der Waals surface area contributed by atoms with Crippen molar-refractivity contribution in [3.63, 3.8) is 0 Å². The maximum Gasteiger partial charge on any atom is 0.0827 e. The minimum absolute atomic E-state index is 0.419. The van der Waals surface area contributed by atoms with Gasteiger partial charge < -0.3 is 10.1 Å². The Kier molecular flexibility index (Phi) is 3.95. The Labute approximate surface area is 109 Å². The number of hydrogen-bond acceptors (Lipinski definition) is 4. The molecule has 0 bridgehead atoms. The van der Waals surface area contributed by atoms with Crippen LogP contribution in [0.5, 0.6) is 0 Å². The first-order valence-electron chi connectivity index (χ1n) is 7.03. The summed E-state index contributed by atoms with van der Waals surface area (Å²) in [6.07, 6.45) is 4.45. The fraction of sp³-hybridized carbons (Fsp3) is 1.00. The van der Waals surface area contributed by atoms with Gasteiger partial charge >= 0.3 is 0 Å². The van der Waals surface area contributed by atoms with Gasteiger partial charge in [0.15, 0.2) is 0 Å². The van der Waals surface area contributed by atoms with E-state index in [9.17, 15) is 0 Å². The molecular weight excluding hydrogens is 232 g/mol. The second-order valence-electron chi connectivity index (χ2n) is 5.63. The average molecular weight is 256 g/mol. The van der Waals surface area contributed by atoms with Crippen molar-refractivity contribution in [3.05, 3.63) is 0 Å². The first-order chi connectivity index (χ1) is 8.33. The van der Waals surface area contributed by atoms with Gasteiger partial charge in [0.2, 0.25) is 0 Å². The summed E-state index contributed by atoms with van der Waals surface area (Å²) in [4.78, 5) is 2.63. The molecule has 3 nitrogen and oxygen atoms in total. The first kappa shape index (κ1) is 12.3. The Balaban J connectivity index is 1.43. The maximum atomic E-state index is 5.98. The van der Waals surface area contributed by atoms with Crippen LogP contribution < -0.4 is 5.32 Å². The molecule has 0 saturated carbocycles. The smallest absolute Gasteiger partial charge is 0.0827 e. The molecule has 17 heavy (non-hydrogen) atoms. The van der Waals surface area contributed by atoms with Crippen LogP contribution in [-0.4, -0.2) is 60.3 Å². The van der Waals surface area contributed by atoms with E-state index in [1.807, 2.05) is 0 Å². The summed E-state index contributed by atoms with van der Waals surface area (Å²) in [5.41, 5.74) is 0. The molecule has 1 N–H and O–H groups in total. The Morgan fingerprint density at radius 3 is 3.18 bits per heavy atom. The van der Waals surface area contributed by atoms with Gasteiger partial charge in [-0.25, -0.2) is 0 Å². The van der Waals surface area contributed by atoms with Crippen molar-refractivity contribution in [2.45, 2.75) is 49.6 Å². The van der Waals surface area contributed by atoms with Crippen molar-refractivity contribution in [2.75, 3.05) is 32.0 Å². The van der Waals surface area contributed by atoms with E-state index in [4.69, 9.17) is 4.74 Å². The monoisotopic (exact) mass is 256 g/mol. The van der Waals surface area contributed by atoms with Gasteiger partial charge in [0.1, 0.15) is 0 Å². The normalized spacial score (nSPS) is 42.9. The van der Waals surface area contributed by atoms with Gasteiger partial charge in [-0.3, -0.25) is 4.90 Å². The number of morpholine rings is 1. The van der Waals surface area contributed by atoms with Crippen LogP contribution >= 0.6 is 11.8 Å². The zero-order valence-corrected chi connectivity index (χ0v) is 11.5. The van der Waals surface area contributed by atoms with E-state index in [0.29, 0.717) is 12.1 Å². The van der Waals surface area contributed by atoms with Crippen molar-refractivity contribution in [1.29, 1.82) is 0 Å². The summed E-state index contributed by atoms with van der Waals surface area (Å²) in [5, 5.41) is 4.48. The molecule has 3 fully saturated rings. The van der Waals surface area contributed by atoms with Gasteiger partial charge in [-0.1, -0.05) is 6.92 Å². The van der Waals surface area contributed by atoms with Crippen LogP contribution in [0.25, 0.3) is 0 Å². The van der Waals surface area contributed by atoms with Crippen molar-refractivity contribution in [2.24, 2.45) is 0 Å². The molecule has 0 amide bonds. The standard InChI is InChI=1S/C13H24N2OS/c1-10-13(4-6-17-10)14-7-12-8-15-5-2-3-11(15)9-16-12/h10-14H,2-9H2,1H3. The largest absolute Gasteiger partial charge is 0.374 e. The molecule has 0 aromatic rings. The van der Waals surface area contributed by atoms with Crippen molar-refractivity contribution in [3.8, 4) is 0 Å². The molecule has 0 radical (unpaired) electrons. The Bertz CT molecular complexity index is 264. The summed E-state index contributed by atoms with van der Waals surface area (Å²) in [7, 11) is 0. The first-order valence-corrected chi connectivity index (χ1v) is 8.08. The predicted molar refractivity (Wildman–Crippen MR) is 72.7 cm³/mol. The predicted octanol–water partition coefficient (Wildman–Crippen LogP) is 1.33. The van der Waals surface area contributed by atoms with E-state index in [2.05, 4.69) is 28.9 Å². The van der Waals surface area contributed by atoms with Gasteiger partial charge in [0, 0.05) is 30.4 Å². The molecule has 4 heteroatoms. The van der Waals surface area contributed by atoms with Gasteiger partial charge in [-0.2, -0.15) is 11.8 Å². The molecule has 3 rings (SSSR count). The van der Waals surface area contributed by atoms with Crippen molar-refractivity contribution >= 4 is 11.8 Å². The van der Waals surface area contributed by atoms with Crippen molar-refractivity contribution < 1.29 is 4.74 Å². The minimum Gasteiger partial charge on any atom is -0.374 e. The lowest BCUT2D eigenvalue weighted by atomic mass is 10.1. The highest BCUT2D eigenvalue weighted by Gasteiger charge is 2.32. The van der Waals surface area contributed by atoms with Crippen LogP contribution in [0.2, 0.25) is 0 Å². The van der Waals surface area contributed by atoms with Gasteiger partial charge in [-0.05, 0) is 31.6 Å². The molecule has 0 aliphatic carbocycles. The molecule has 0 aromatic heterocycles. The maximum absolute atomic E-state index is 5.98. The number of fused-ring (bicyclic) bond motifs is 1. The number of nitrogens with zero attached hydrogens (tertiary/aromatic N) is 1. The quantitative estimate of drug-likeness (QED) is 0.823. The third-order valence-corrected chi connectivity index (χ3v) is 5.77. The number of rotatable bonds is 3. The molecule has 0 aromatic carbocycles. The number of hydrogen-bond donors (Lipinski definition) is 1. The third kappa shape index (κ3) is 2.80. The van der Waals surface area contributed by atoms with E-state index >= 15 is 0 Å². The lowest BCUT2D eigenvalue weighted by Crippen LogP contribution is -2.51. The number of nitrogens with one attached hydrogen (secondary N) is 1. The van der Waals surface area contributed by atoms with E-state index in [1.54, 1.807) is 0 Å². The van der Waals surface area contributed by atoms with E-state index in [1.165, 1.54) is 31.6 Å². The van der Waals surface area contributed by atoms with E-state index in [0.717, 1.165) is 31.0 Å². The molecule has 3 aliphatic heterocycles. The van der Waals surface area contributed by atoms with Crippen LogP contribution in [-0.2, 0) is 4.74 Å². The third-order valence-electron chi connectivity index (χ3n) is 4.45. The topological polar surface area (TPSA) is 24.5 Å². The summed E-state index contributed by atoms with van der Waals surface area (Å²) in [6, 6.07) is 1.44. The molecular formula is C13H24N2OS. The van der Waals surface area contributed by atoms with Gasteiger partial charge in [-0.15, -0.1) is 0 Å². The molecule has 98 valence electrons. The fourth-order valence-electron chi connectivity index (χ4n) is 3.29. The lowest BCUT2D eigenvalue weighted by molar-refractivity contribution is -0.0478. The molecule has 3 heterocycles. The lowest BCUT2D eigenvalue weighted by Gasteiger charge is -2.36. The summed E-state index contributed by atoms with van der Waals surface area (Å²) < 4.78 is 5.98. The minimum atomic E-state index is 0.419. The molecule has 4 atom stereocenters. The zero-order valence-electron chi connectivity index (χ0n) is 10.7. The van der Waals surface area contributed by atoms with Gasteiger partial charge in [0.25, 0.3) is 0 Å². The number of thioether (sulfide) groups is 1. The molecule has 0 spiro atoms. The van der Waals surface area contributed by atoms with Crippen LogP contribution in [0.3, 0.4) is 0 Å². The fourth-order valence-corrected chi connectivity index (χ4v) is 4.52. The van der Waals surface area contributed by atoms with Gasteiger partial charge in [0.05, 0.1) is 12.7 Å². The SMILES string of the molecule is CC1SCCC1NCC1CN2CCCC2CO1. The molecule has 4 unspecified atom stereocenters.